The second kappa shape index (κ2) is 7.87. The molecule has 3 amide bonds. The highest BCUT2D eigenvalue weighted by atomic mass is 35.5. The van der Waals surface area contributed by atoms with Gasteiger partial charge in [0.25, 0.3) is 11.8 Å². The van der Waals surface area contributed by atoms with Crippen molar-refractivity contribution in [2.75, 3.05) is 16.8 Å². The van der Waals surface area contributed by atoms with Crippen LogP contribution in [0.3, 0.4) is 0 Å². The van der Waals surface area contributed by atoms with Crippen molar-refractivity contribution < 1.29 is 14.4 Å². The van der Waals surface area contributed by atoms with Gasteiger partial charge in [0.15, 0.2) is 12.1 Å². The third-order valence-electron chi connectivity index (χ3n) is 5.11. The third kappa shape index (κ3) is 3.66. The Morgan fingerprint density at radius 3 is 2.37 bits per heavy atom. The normalized spacial score (nSPS) is 20.3. The Bertz CT molecular complexity index is 1020. The highest BCUT2D eigenvalue weighted by Gasteiger charge is 2.55. The van der Waals surface area contributed by atoms with Crippen molar-refractivity contribution in [2.24, 2.45) is 10.3 Å². The first-order valence-electron chi connectivity index (χ1n) is 9.56. The predicted octanol–water partition coefficient (Wildman–Crippen LogP) is 3.40. The van der Waals surface area contributed by atoms with Crippen LogP contribution in [0, 0.1) is 0 Å². The molecule has 1 saturated heterocycles. The molecule has 0 bridgehead atoms. The van der Waals surface area contributed by atoms with Crippen molar-refractivity contribution in [3.8, 4) is 0 Å². The SMILES string of the molecule is CC(C)c1ccc(N2C(=O)[C@@H]3N=NN(CC(=O)Nc4ccc(Cl)cc4)[C@H]3C2=O)cc1. The van der Waals surface area contributed by atoms with Crippen LogP contribution in [-0.2, 0) is 14.4 Å². The molecular formula is C21H20ClN5O3. The minimum absolute atomic E-state index is 0.202. The average molecular weight is 426 g/mol. The van der Waals surface area contributed by atoms with Gasteiger partial charge in [-0.2, -0.15) is 5.11 Å². The number of halogens is 1. The number of carbonyl (C=O) groups is 3. The largest absolute Gasteiger partial charge is 0.324 e. The number of fused-ring (bicyclic) bond motifs is 1. The molecule has 2 aliphatic heterocycles. The summed E-state index contributed by atoms with van der Waals surface area (Å²) in [5, 5.41) is 12.4. The van der Waals surface area contributed by atoms with Gasteiger partial charge in [0.05, 0.1) is 5.69 Å². The van der Waals surface area contributed by atoms with Crippen LogP contribution < -0.4 is 10.2 Å². The van der Waals surface area contributed by atoms with Crippen LogP contribution in [0.15, 0.2) is 58.9 Å². The Hall–Kier alpha value is -3.26. The summed E-state index contributed by atoms with van der Waals surface area (Å²) in [6, 6.07) is 12.1. The Kier molecular flexibility index (Phi) is 5.26. The number of rotatable bonds is 5. The highest BCUT2D eigenvalue weighted by molar-refractivity contribution is 6.30. The predicted molar refractivity (Wildman–Crippen MR) is 112 cm³/mol. The van der Waals surface area contributed by atoms with Crippen molar-refractivity contribution in [1.82, 2.24) is 5.01 Å². The Morgan fingerprint density at radius 2 is 1.73 bits per heavy atom. The second-order valence-electron chi connectivity index (χ2n) is 7.51. The van der Waals surface area contributed by atoms with Gasteiger partial charge in [-0.15, -0.1) is 0 Å². The number of anilines is 2. The molecule has 8 nitrogen and oxygen atoms in total. The van der Waals surface area contributed by atoms with Crippen LogP contribution in [0.25, 0.3) is 0 Å². The molecule has 1 N–H and O–H groups in total. The number of carbonyl (C=O) groups excluding carboxylic acids is 3. The van der Waals surface area contributed by atoms with Gasteiger partial charge < -0.3 is 5.32 Å². The number of nitrogens with zero attached hydrogens (tertiary/aromatic N) is 4. The topological polar surface area (TPSA) is 94.4 Å². The number of hydrogen-bond donors (Lipinski definition) is 1. The smallest absolute Gasteiger partial charge is 0.263 e. The van der Waals surface area contributed by atoms with E-state index >= 15 is 0 Å². The first-order valence-corrected chi connectivity index (χ1v) is 9.93. The fourth-order valence-electron chi connectivity index (χ4n) is 3.50. The summed E-state index contributed by atoms with van der Waals surface area (Å²) < 4.78 is 0. The van der Waals surface area contributed by atoms with Crippen LogP contribution in [0.4, 0.5) is 11.4 Å². The zero-order chi connectivity index (χ0) is 21.4. The van der Waals surface area contributed by atoms with E-state index in [2.05, 4.69) is 29.5 Å². The van der Waals surface area contributed by atoms with Crippen LogP contribution in [0.5, 0.6) is 0 Å². The fraction of sp³-hybridized carbons (Fsp3) is 0.286. The van der Waals surface area contributed by atoms with Crippen molar-refractivity contribution in [3.05, 3.63) is 59.1 Å². The number of nitrogens with one attached hydrogen (secondary N) is 1. The summed E-state index contributed by atoms with van der Waals surface area (Å²) in [7, 11) is 0. The molecule has 0 unspecified atom stereocenters. The van der Waals surface area contributed by atoms with E-state index in [9.17, 15) is 14.4 Å². The van der Waals surface area contributed by atoms with Crippen LogP contribution in [0.1, 0.15) is 25.3 Å². The molecule has 0 aromatic heterocycles. The third-order valence-corrected chi connectivity index (χ3v) is 5.36. The molecule has 30 heavy (non-hydrogen) atoms. The number of amides is 3. The zero-order valence-corrected chi connectivity index (χ0v) is 17.2. The molecule has 2 heterocycles. The lowest BCUT2D eigenvalue weighted by Gasteiger charge is -2.20. The van der Waals surface area contributed by atoms with Gasteiger partial charge in [-0.25, -0.2) is 4.90 Å². The molecule has 0 saturated carbocycles. The highest BCUT2D eigenvalue weighted by Crippen LogP contribution is 2.32. The fourth-order valence-corrected chi connectivity index (χ4v) is 3.62. The zero-order valence-electron chi connectivity index (χ0n) is 16.4. The van der Waals surface area contributed by atoms with Crippen molar-refractivity contribution in [1.29, 1.82) is 0 Å². The lowest BCUT2D eigenvalue weighted by atomic mass is 10.0. The molecule has 0 spiro atoms. The molecule has 2 aromatic carbocycles. The standard InChI is InChI=1S/C21H20ClN5O3/c1-12(2)13-3-9-16(10-4-13)27-20(29)18-19(21(27)30)26(25-24-18)11-17(28)23-15-7-5-14(22)6-8-15/h3-10,12,18-19H,11H2,1-2H3,(H,23,28)/t18-,19-/m1/s1. The molecule has 9 heteroatoms. The molecule has 2 aromatic rings. The van der Waals surface area contributed by atoms with E-state index in [0.717, 1.165) is 10.5 Å². The van der Waals surface area contributed by atoms with E-state index in [1.165, 1.54) is 5.01 Å². The summed E-state index contributed by atoms with van der Waals surface area (Å²) >= 11 is 5.84. The van der Waals surface area contributed by atoms with Gasteiger partial charge >= 0.3 is 0 Å². The molecule has 0 aliphatic carbocycles. The summed E-state index contributed by atoms with van der Waals surface area (Å²) in [6.07, 6.45) is 0. The number of benzene rings is 2. The lowest BCUT2D eigenvalue weighted by molar-refractivity contribution is -0.123. The molecule has 4 rings (SSSR count). The van der Waals surface area contributed by atoms with Gasteiger partial charge in [0.1, 0.15) is 6.54 Å². The summed E-state index contributed by atoms with van der Waals surface area (Å²) in [5.74, 6) is -0.915. The van der Waals surface area contributed by atoms with Crippen LogP contribution in [-0.4, -0.2) is 41.4 Å². The maximum absolute atomic E-state index is 13.0. The van der Waals surface area contributed by atoms with E-state index in [-0.39, 0.29) is 12.5 Å². The Balaban J connectivity index is 1.47. The first-order chi connectivity index (χ1) is 14.3. The monoisotopic (exact) mass is 425 g/mol. The van der Waals surface area contributed by atoms with Crippen molar-refractivity contribution in [2.45, 2.75) is 31.8 Å². The van der Waals surface area contributed by atoms with Crippen LogP contribution in [0.2, 0.25) is 5.02 Å². The molecule has 0 radical (unpaired) electrons. The van der Waals surface area contributed by atoms with Crippen LogP contribution >= 0.6 is 11.6 Å². The maximum Gasteiger partial charge on any atom is 0.263 e. The summed E-state index contributed by atoms with van der Waals surface area (Å²) in [6.45, 7) is 3.93. The number of imide groups is 1. The average Bonchev–Trinajstić information content (AvgIpc) is 3.23. The second-order valence-corrected chi connectivity index (χ2v) is 7.94. The maximum atomic E-state index is 13.0. The lowest BCUT2D eigenvalue weighted by Crippen LogP contribution is -2.43. The van der Waals surface area contributed by atoms with Gasteiger partial charge in [-0.1, -0.05) is 42.8 Å². The molecular weight excluding hydrogens is 406 g/mol. The Labute approximate surface area is 178 Å². The van der Waals surface area contributed by atoms with E-state index in [1.54, 1.807) is 36.4 Å². The molecule has 2 atom stereocenters. The van der Waals surface area contributed by atoms with E-state index in [1.807, 2.05) is 12.1 Å². The van der Waals surface area contributed by atoms with E-state index in [0.29, 0.717) is 22.3 Å². The van der Waals surface area contributed by atoms with E-state index < -0.39 is 23.9 Å². The Morgan fingerprint density at radius 1 is 1.07 bits per heavy atom. The molecule has 1 fully saturated rings. The van der Waals surface area contributed by atoms with Gasteiger partial charge in [0, 0.05) is 10.7 Å². The quantitative estimate of drug-likeness (QED) is 0.743. The van der Waals surface area contributed by atoms with E-state index in [4.69, 9.17) is 11.6 Å². The molecule has 2 aliphatic rings. The minimum Gasteiger partial charge on any atom is -0.324 e. The van der Waals surface area contributed by atoms with Gasteiger partial charge in [0.2, 0.25) is 5.91 Å². The van der Waals surface area contributed by atoms with Gasteiger partial charge in [-0.05, 0) is 47.9 Å². The van der Waals surface area contributed by atoms with Crippen molar-refractivity contribution in [3.63, 3.8) is 0 Å². The van der Waals surface area contributed by atoms with Crippen molar-refractivity contribution >= 4 is 40.7 Å². The summed E-state index contributed by atoms with van der Waals surface area (Å²) in [5.41, 5.74) is 2.17. The first kappa shape index (κ1) is 20.0. The summed E-state index contributed by atoms with van der Waals surface area (Å²) in [4.78, 5) is 39.3. The minimum atomic E-state index is -0.939. The molecule has 154 valence electrons. The number of hydrogen-bond acceptors (Lipinski definition) is 6. The van der Waals surface area contributed by atoms with Gasteiger partial charge in [-0.3, -0.25) is 19.4 Å².